The fourth-order valence-corrected chi connectivity index (χ4v) is 5.26. The number of hydrogen-bond donors (Lipinski definition) is 1. The monoisotopic (exact) mass is 515 g/mol. The van der Waals surface area contributed by atoms with E-state index in [1.54, 1.807) is 42.5 Å². The van der Waals surface area contributed by atoms with Gasteiger partial charge in [0.05, 0.1) is 16.8 Å². The number of hydrogen-bond acceptors (Lipinski definition) is 6. The second-order valence-electron chi connectivity index (χ2n) is 7.44. The molecule has 1 aliphatic heterocycles. The van der Waals surface area contributed by atoms with Crippen LogP contribution in [0.3, 0.4) is 0 Å². The Kier molecular flexibility index (Phi) is 7.77. The third kappa shape index (κ3) is 6.11. The van der Waals surface area contributed by atoms with Crippen LogP contribution >= 0.6 is 23.4 Å². The predicted octanol–water partition coefficient (Wildman–Crippen LogP) is 4.18. The molecule has 0 bridgehead atoms. The first-order valence-corrected chi connectivity index (χ1v) is 13.4. The van der Waals surface area contributed by atoms with Crippen molar-refractivity contribution in [2.75, 3.05) is 22.4 Å². The second-order valence-corrected chi connectivity index (χ2v) is 10.8. The van der Waals surface area contributed by atoms with Crippen molar-refractivity contribution in [3.8, 4) is 5.75 Å². The number of carbonyl (C=O) groups excluding carboxylic acids is 1. The summed E-state index contributed by atoms with van der Waals surface area (Å²) in [5.41, 5.74) is 3.46. The number of thioether (sulfide) groups is 1. The van der Waals surface area contributed by atoms with E-state index in [2.05, 4.69) is 10.5 Å². The smallest absolute Gasteiger partial charge is 0.264 e. The van der Waals surface area contributed by atoms with Crippen molar-refractivity contribution >= 4 is 51.2 Å². The minimum atomic E-state index is -3.99. The molecule has 0 spiro atoms. The molecule has 0 unspecified atom stereocenters. The van der Waals surface area contributed by atoms with Crippen LogP contribution in [0.2, 0.25) is 5.02 Å². The summed E-state index contributed by atoms with van der Waals surface area (Å²) in [4.78, 5) is 12.7. The molecule has 1 saturated heterocycles. The Balaban J connectivity index is 1.46. The lowest BCUT2D eigenvalue weighted by atomic mass is 10.2. The number of ether oxygens (including phenoxy) is 1. The number of amides is 1. The van der Waals surface area contributed by atoms with Gasteiger partial charge in [-0.2, -0.15) is 16.9 Å². The predicted molar refractivity (Wildman–Crippen MR) is 136 cm³/mol. The quantitative estimate of drug-likeness (QED) is 0.341. The molecule has 0 aromatic heterocycles. The van der Waals surface area contributed by atoms with Crippen molar-refractivity contribution in [2.24, 2.45) is 5.10 Å². The third-order valence-electron chi connectivity index (χ3n) is 4.90. The van der Waals surface area contributed by atoms with Gasteiger partial charge in [0.2, 0.25) is 0 Å². The first kappa shape index (κ1) is 24.1. The fraction of sp³-hybridized carbons (Fsp3) is 0.167. The van der Waals surface area contributed by atoms with Crippen LogP contribution in [0.15, 0.2) is 88.9 Å². The Morgan fingerprint density at radius 1 is 1.09 bits per heavy atom. The van der Waals surface area contributed by atoms with Crippen LogP contribution in [0.1, 0.15) is 5.56 Å². The molecular weight excluding hydrogens is 494 g/mol. The summed E-state index contributed by atoms with van der Waals surface area (Å²) in [5, 5.41) is 4.44. The fourth-order valence-electron chi connectivity index (χ4n) is 3.13. The molecule has 176 valence electrons. The van der Waals surface area contributed by atoms with Crippen LogP contribution in [0.5, 0.6) is 5.75 Å². The van der Waals surface area contributed by atoms with E-state index in [0.29, 0.717) is 10.7 Å². The SMILES string of the molecule is O=C(CN(c1ccc(Cl)cc1)S(=O)(=O)c1ccccc1)N/N=C\c1cccc(OC2CSC2)c1. The lowest BCUT2D eigenvalue weighted by molar-refractivity contribution is -0.119. The zero-order chi connectivity index (χ0) is 24.0. The van der Waals surface area contributed by atoms with Gasteiger partial charge in [-0.1, -0.05) is 41.9 Å². The number of sulfonamides is 1. The molecule has 1 heterocycles. The number of benzene rings is 3. The molecule has 1 aliphatic rings. The van der Waals surface area contributed by atoms with E-state index in [-0.39, 0.29) is 11.0 Å². The molecule has 0 atom stereocenters. The number of halogens is 1. The highest BCUT2D eigenvalue weighted by molar-refractivity contribution is 8.00. The van der Waals surface area contributed by atoms with Gasteiger partial charge in [0, 0.05) is 16.5 Å². The van der Waals surface area contributed by atoms with E-state index in [9.17, 15) is 13.2 Å². The molecule has 0 aliphatic carbocycles. The number of nitrogens with one attached hydrogen (secondary N) is 1. The highest BCUT2D eigenvalue weighted by Gasteiger charge is 2.27. The summed E-state index contributed by atoms with van der Waals surface area (Å²) in [5.74, 6) is 2.10. The first-order valence-electron chi connectivity index (χ1n) is 10.4. The van der Waals surface area contributed by atoms with Crippen LogP contribution in [0.4, 0.5) is 5.69 Å². The Hall–Kier alpha value is -3.01. The normalized spacial score (nSPS) is 13.9. The third-order valence-corrected chi connectivity index (χ3v) is 8.16. The zero-order valence-corrected chi connectivity index (χ0v) is 20.4. The standard InChI is InChI=1S/C24H22ClN3O4S2/c25-19-9-11-20(12-10-19)28(34(30,31)23-7-2-1-3-8-23)15-24(29)27-26-14-18-5-4-6-21(13-18)32-22-16-33-17-22/h1-14,22H,15-17H2,(H,27,29)/b26-14-. The molecule has 3 aromatic carbocycles. The van der Waals surface area contributed by atoms with E-state index in [1.807, 2.05) is 36.0 Å². The number of rotatable bonds is 9. The topological polar surface area (TPSA) is 88.1 Å². The molecule has 0 radical (unpaired) electrons. The highest BCUT2D eigenvalue weighted by atomic mass is 35.5. The summed E-state index contributed by atoms with van der Waals surface area (Å²) in [7, 11) is -3.99. The Morgan fingerprint density at radius 3 is 2.50 bits per heavy atom. The van der Waals surface area contributed by atoms with E-state index < -0.39 is 22.5 Å². The van der Waals surface area contributed by atoms with Gasteiger partial charge in [-0.3, -0.25) is 9.10 Å². The largest absolute Gasteiger partial charge is 0.489 e. The minimum absolute atomic E-state index is 0.0722. The van der Waals surface area contributed by atoms with Crippen molar-refractivity contribution < 1.29 is 17.9 Å². The maximum Gasteiger partial charge on any atom is 0.264 e. The molecule has 1 N–H and O–H groups in total. The Morgan fingerprint density at radius 2 is 1.82 bits per heavy atom. The van der Waals surface area contributed by atoms with Crippen molar-refractivity contribution in [3.63, 3.8) is 0 Å². The maximum atomic E-state index is 13.3. The molecule has 0 saturated carbocycles. The molecule has 10 heteroatoms. The van der Waals surface area contributed by atoms with Crippen molar-refractivity contribution in [1.29, 1.82) is 0 Å². The summed E-state index contributed by atoms with van der Waals surface area (Å²) in [6.45, 7) is -0.460. The van der Waals surface area contributed by atoms with Crippen molar-refractivity contribution in [1.82, 2.24) is 5.43 Å². The number of carbonyl (C=O) groups is 1. The molecule has 1 fully saturated rings. The van der Waals surface area contributed by atoms with Crippen molar-refractivity contribution in [2.45, 2.75) is 11.0 Å². The first-order chi connectivity index (χ1) is 16.4. The van der Waals surface area contributed by atoms with Gasteiger partial charge >= 0.3 is 0 Å². The average molecular weight is 516 g/mol. The molecule has 4 rings (SSSR count). The lowest BCUT2D eigenvalue weighted by Crippen LogP contribution is -2.39. The maximum absolute atomic E-state index is 13.3. The zero-order valence-electron chi connectivity index (χ0n) is 18.0. The van der Waals surface area contributed by atoms with E-state index in [4.69, 9.17) is 16.3 Å². The average Bonchev–Trinajstić information content (AvgIpc) is 2.81. The lowest BCUT2D eigenvalue weighted by Gasteiger charge is -2.25. The molecular formula is C24H22ClN3O4S2. The Labute approximate surface area is 207 Å². The van der Waals surface area contributed by atoms with Gasteiger partial charge in [0.1, 0.15) is 18.4 Å². The van der Waals surface area contributed by atoms with Crippen LogP contribution in [-0.4, -0.2) is 44.7 Å². The highest BCUT2D eigenvalue weighted by Crippen LogP contribution is 2.25. The molecule has 3 aromatic rings. The van der Waals surface area contributed by atoms with Crippen LogP contribution in [0, 0.1) is 0 Å². The summed E-state index contributed by atoms with van der Waals surface area (Å²) in [6, 6.07) is 21.5. The van der Waals surface area contributed by atoms with Gasteiger partial charge in [-0.25, -0.2) is 13.8 Å². The van der Waals surface area contributed by atoms with E-state index >= 15 is 0 Å². The van der Waals surface area contributed by atoms with Gasteiger partial charge in [-0.05, 0) is 54.1 Å². The van der Waals surface area contributed by atoms with Crippen LogP contribution < -0.4 is 14.5 Å². The van der Waals surface area contributed by atoms with Crippen LogP contribution in [0.25, 0.3) is 0 Å². The summed E-state index contributed by atoms with van der Waals surface area (Å²) in [6.07, 6.45) is 1.71. The second kappa shape index (κ2) is 10.9. The van der Waals surface area contributed by atoms with Crippen LogP contribution in [-0.2, 0) is 14.8 Å². The molecule has 1 amide bonds. The van der Waals surface area contributed by atoms with Gasteiger partial charge in [0.15, 0.2) is 0 Å². The van der Waals surface area contributed by atoms with E-state index in [0.717, 1.165) is 27.1 Å². The van der Waals surface area contributed by atoms with E-state index in [1.165, 1.54) is 18.3 Å². The molecule has 34 heavy (non-hydrogen) atoms. The molecule has 7 nitrogen and oxygen atoms in total. The van der Waals surface area contributed by atoms with Gasteiger partial charge in [0.25, 0.3) is 15.9 Å². The number of anilines is 1. The number of nitrogens with zero attached hydrogens (tertiary/aromatic N) is 2. The number of hydrazone groups is 1. The van der Waals surface area contributed by atoms with Crippen molar-refractivity contribution in [3.05, 3.63) is 89.4 Å². The minimum Gasteiger partial charge on any atom is -0.489 e. The van der Waals surface area contributed by atoms with Gasteiger partial charge < -0.3 is 4.74 Å². The Bertz CT molecular complexity index is 1260. The van der Waals surface area contributed by atoms with Gasteiger partial charge in [-0.15, -0.1) is 0 Å². The summed E-state index contributed by atoms with van der Waals surface area (Å²) < 4.78 is 33.4. The summed E-state index contributed by atoms with van der Waals surface area (Å²) >= 11 is 7.79.